The second kappa shape index (κ2) is 11.6. The largest absolute Gasteiger partial charge is 0.493 e. The number of aromatic amines is 1. The molecule has 2 saturated carbocycles. The van der Waals surface area contributed by atoms with Crippen LogP contribution >= 0.6 is 39.0 Å². The number of aromatic nitrogens is 1. The van der Waals surface area contributed by atoms with Gasteiger partial charge >= 0.3 is 4.87 Å². The standard InChI is InChI=1S/C34H27BrFN3O6S2/c1-44-23-12-15(2-11-22(23)45-14-24(40)37-18-7-5-17(36)6-8-18)25-26-20-13-21(29(26)46-31-30(25)47-34(43)38-31)28-27(20)32(41)39(33(28)42)19-9-3-16(35)4-10-19/h2-12,20-21,25-29H,13-14H2,1H3,(H,37,40)(H,38,43)/t20-,21-,25+,26-,27+,28+,29-/m1/s1. The first kappa shape index (κ1) is 30.4. The monoisotopic (exact) mass is 735 g/mol. The van der Waals surface area contributed by atoms with E-state index >= 15 is 0 Å². The Morgan fingerprint density at radius 1 is 1.00 bits per heavy atom. The van der Waals surface area contributed by atoms with Crippen LogP contribution in [0.3, 0.4) is 0 Å². The average Bonchev–Trinajstić information content (AvgIpc) is 3.80. The van der Waals surface area contributed by atoms with E-state index in [0.29, 0.717) is 22.9 Å². The number of nitrogens with one attached hydrogen (secondary N) is 2. The average molecular weight is 737 g/mol. The van der Waals surface area contributed by atoms with Gasteiger partial charge in [0.1, 0.15) is 5.82 Å². The number of H-pyrrole nitrogens is 1. The van der Waals surface area contributed by atoms with E-state index in [1.54, 1.807) is 30.0 Å². The van der Waals surface area contributed by atoms with Crippen molar-refractivity contribution in [1.29, 1.82) is 0 Å². The number of anilines is 2. The molecule has 4 aliphatic rings. The van der Waals surface area contributed by atoms with Gasteiger partial charge in [-0.2, -0.15) is 0 Å². The molecule has 3 amide bonds. The lowest BCUT2D eigenvalue weighted by atomic mass is 9.68. The van der Waals surface area contributed by atoms with Crippen LogP contribution < -0.4 is 24.6 Å². The maximum atomic E-state index is 14.0. The predicted octanol–water partition coefficient (Wildman–Crippen LogP) is 6.04. The molecule has 240 valence electrons. The molecular formula is C34H27BrFN3O6S2. The third-order valence-corrected chi connectivity index (χ3v) is 13.0. The fourth-order valence-electron chi connectivity index (χ4n) is 8.11. The van der Waals surface area contributed by atoms with Gasteiger partial charge in [-0.1, -0.05) is 33.3 Å². The summed E-state index contributed by atoms with van der Waals surface area (Å²) in [5, 5.41) is 3.53. The highest BCUT2D eigenvalue weighted by molar-refractivity contribution is 9.10. The highest BCUT2D eigenvalue weighted by Crippen LogP contribution is 2.68. The summed E-state index contributed by atoms with van der Waals surface area (Å²) < 4.78 is 25.6. The van der Waals surface area contributed by atoms with Gasteiger partial charge in [-0.15, -0.1) is 11.8 Å². The summed E-state index contributed by atoms with van der Waals surface area (Å²) in [6, 6.07) is 18.2. The molecule has 3 fully saturated rings. The molecule has 4 aromatic rings. The molecule has 7 atom stereocenters. The van der Waals surface area contributed by atoms with Gasteiger partial charge in [0.25, 0.3) is 5.91 Å². The Bertz CT molecular complexity index is 1980. The topological polar surface area (TPSA) is 118 Å². The first-order valence-corrected chi connectivity index (χ1v) is 17.6. The molecule has 3 heterocycles. The van der Waals surface area contributed by atoms with Gasteiger partial charge in [-0.25, -0.2) is 4.39 Å². The van der Waals surface area contributed by atoms with Crippen molar-refractivity contribution in [2.75, 3.05) is 23.9 Å². The van der Waals surface area contributed by atoms with Crippen LogP contribution in [0.25, 0.3) is 0 Å². The second-order valence-corrected chi connectivity index (χ2v) is 15.3. The highest BCUT2D eigenvalue weighted by Gasteiger charge is 2.69. The number of thioether (sulfide) groups is 1. The van der Waals surface area contributed by atoms with Crippen molar-refractivity contribution in [2.24, 2.45) is 29.6 Å². The molecule has 2 aliphatic carbocycles. The van der Waals surface area contributed by atoms with E-state index in [9.17, 15) is 23.6 Å². The summed E-state index contributed by atoms with van der Waals surface area (Å²) in [7, 11) is 1.52. The number of halogens is 2. The molecule has 1 saturated heterocycles. The lowest BCUT2D eigenvalue weighted by Gasteiger charge is -2.43. The van der Waals surface area contributed by atoms with Crippen molar-refractivity contribution in [2.45, 2.75) is 22.6 Å². The third kappa shape index (κ3) is 5.01. The van der Waals surface area contributed by atoms with E-state index in [-0.39, 0.29) is 58.1 Å². The fraction of sp³-hybridized carbons (Fsp3) is 0.294. The number of hydrogen-bond acceptors (Lipinski definition) is 8. The second-order valence-electron chi connectivity index (χ2n) is 12.2. The number of hydrogen-bond donors (Lipinski definition) is 2. The van der Waals surface area contributed by atoms with Crippen LogP contribution in [0.2, 0.25) is 0 Å². The summed E-state index contributed by atoms with van der Waals surface area (Å²) in [6.45, 7) is -0.292. The molecule has 2 aliphatic heterocycles. The van der Waals surface area contributed by atoms with Crippen LogP contribution in [0.4, 0.5) is 15.8 Å². The fourth-order valence-corrected chi connectivity index (χ4v) is 11.3. The maximum absolute atomic E-state index is 14.0. The first-order valence-electron chi connectivity index (χ1n) is 15.1. The minimum Gasteiger partial charge on any atom is -0.493 e. The number of ether oxygens (including phenoxy) is 2. The quantitative estimate of drug-likeness (QED) is 0.222. The number of nitrogens with zero attached hydrogens (tertiary/aromatic N) is 1. The maximum Gasteiger partial charge on any atom is 0.305 e. The summed E-state index contributed by atoms with van der Waals surface area (Å²) in [6.07, 6.45) is 0.778. The van der Waals surface area contributed by atoms with Crippen molar-refractivity contribution < 1.29 is 28.2 Å². The molecule has 2 bridgehead atoms. The molecule has 47 heavy (non-hydrogen) atoms. The lowest BCUT2D eigenvalue weighted by Crippen LogP contribution is -2.42. The zero-order valence-corrected chi connectivity index (χ0v) is 28.0. The molecule has 2 N–H and O–H groups in total. The summed E-state index contributed by atoms with van der Waals surface area (Å²) >= 11 is 6.24. The van der Waals surface area contributed by atoms with Gasteiger partial charge in [0.05, 0.1) is 29.7 Å². The Balaban J connectivity index is 1.09. The number of rotatable bonds is 7. The van der Waals surface area contributed by atoms with Crippen LogP contribution in [-0.4, -0.2) is 41.7 Å². The number of benzene rings is 3. The minimum absolute atomic E-state index is 0.0000669. The van der Waals surface area contributed by atoms with E-state index in [4.69, 9.17) is 9.47 Å². The molecular weight excluding hydrogens is 709 g/mol. The van der Waals surface area contributed by atoms with Gasteiger partial charge in [-0.3, -0.25) is 24.1 Å². The van der Waals surface area contributed by atoms with Gasteiger partial charge in [0, 0.05) is 26.2 Å². The molecule has 1 aromatic heterocycles. The van der Waals surface area contributed by atoms with Crippen molar-refractivity contribution in [3.63, 3.8) is 0 Å². The van der Waals surface area contributed by atoms with Crippen molar-refractivity contribution in [3.05, 3.63) is 97.1 Å². The molecule has 13 heteroatoms. The number of imide groups is 1. The van der Waals surface area contributed by atoms with E-state index in [1.807, 2.05) is 24.3 Å². The van der Waals surface area contributed by atoms with Gasteiger partial charge < -0.3 is 19.8 Å². The Kier molecular flexibility index (Phi) is 7.53. The molecule has 9 nitrogen and oxygen atoms in total. The molecule has 0 spiro atoms. The molecule has 3 aromatic carbocycles. The zero-order chi connectivity index (χ0) is 32.6. The first-order chi connectivity index (χ1) is 22.7. The predicted molar refractivity (Wildman–Crippen MR) is 179 cm³/mol. The number of fused-ring (bicyclic) bond motifs is 9. The zero-order valence-electron chi connectivity index (χ0n) is 24.8. The number of amides is 3. The van der Waals surface area contributed by atoms with Crippen LogP contribution in [-0.2, 0) is 14.4 Å². The Morgan fingerprint density at radius 3 is 2.45 bits per heavy atom. The highest BCUT2D eigenvalue weighted by atomic mass is 79.9. The summed E-state index contributed by atoms with van der Waals surface area (Å²) in [5.74, 6) is -1.33. The smallest absolute Gasteiger partial charge is 0.305 e. The number of carbonyl (C=O) groups excluding carboxylic acids is 3. The van der Waals surface area contributed by atoms with Crippen LogP contribution in [0.5, 0.6) is 11.5 Å². The van der Waals surface area contributed by atoms with E-state index in [2.05, 4.69) is 26.2 Å². The van der Waals surface area contributed by atoms with Gasteiger partial charge in [-0.05, 0) is 90.4 Å². The van der Waals surface area contributed by atoms with Crippen LogP contribution in [0.1, 0.15) is 22.8 Å². The van der Waals surface area contributed by atoms with Crippen molar-refractivity contribution in [1.82, 2.24) is 4.98 Å². The van der Waals surface area contributed by atoms with E-state index < -0.39 is 17.6 Å². The molecule has 0 unspecified atom stereocenters. The lowest BCUT2D eigenvalue weighted by molar-refractivity contribution is -0.123. The Hall–Kier alpha value is -3.94. The van der Waals surface area contributed by atoms with Crippen LogP contribution in [0, 0.1) is 35.4 Å². The molecule has 0 radical (unpaired) electrons. The van der Waals surface area contributed by atoms with Crippen molar-refractivity contribution >= 4 is 68.1 Å². The van der Waals surface area contributed by atoms with Gasteiger partial charge in [0.2, 0.25) is 11.8 Å². The number of carbonyl (C=O) groups is 3. The SMILES string of the molecule is COc1cc([C@@H]2c3sc(=O)[nH]c3S[C@@H]3[C@@H]4C[C@@H]([C@@H]5C(=O)N(c6ccc(Br)cc6)C(=O)[C@@H]45)[C@H]23)ccc1OCC(=O)Nc1ccc(F)cc1. The van der Waals surface area contributed by atoms with E-state index in [1.165, 1.54) is 47.6 Å². The van der Waals surface area contributed by atoms with Crippen molar-refractivity contribution in [3.8, 4) is 11.5 Å². The number of methoxy groups -OCH3 is 1. The summed E-state index contributed by atoms with van der Waals surface area (Å²) in [5.41, 5.74) is 1.94. The summed E-state index contributed by atoms with van der Waals surface area (Å²) in [4.78, 5) is 58.2. The Labute approximate surface area is 285 Å². The van der Waals surface area contributed by atoms with Gasteiger partial charge in [0.15, 0.2) is 18.1 Å². The molecule has 8 rings (SSSR count). The van der Waals surface area contributed by atoms with Crippen LogP contribution in [0.15, 0.2) is 81.0 Å². The minimum atomic E-state index is -0.416. The number of thiazole rings is 1. The normalized spacial score (nSPS) is 27.0. The third-order valence-electron chi connectivity index (χ3n) is 9.84. The Morgan fingerprint density at radius 2 is 1.72 bits per heavy atom. The van der Waals surface area contributed by atoms with E-state index in [0.717, 1.165) is 26.4 Å².